The molecule has 0 saturated carbocycles. The van der Waals surface area contributed by atoms with Crippen molar-refractivity contribution < 1.29 is 9.72 Å². The van der Waals surface area contributed by atoms with Crippen LogP contribution in [0.25, 0.3) is 22.3 Å². The summed E-state index contributed by atoms with van der Waals surface area (Å²) >= 11 is 2.92. The first-order valence-electron chi connectivity index (χ1n) is 8.98. The van der Waals surface area contributed by atoms with Crippen LogP contribution in [-0.4, -0.2) is 31.6 Å². The summed E-state index contributed by atoms with van der Waals surface area (Å²) in [6, 6.07) is 14.0. The fourth-order valence-corrected chi connectivity index (χ4v) is 4.30. The van der Waals surface area contributed by atoms with Crippen molar-refractivity contribution in [3.05, 3.63) is 69.8 Å². The Hall–Kier alpha value is -3.24. The number of hydrogen-bond donors (Lipinski definition) is 1. The number of carbonyl (C=O) groups is 1. The third-order valence-electron chi connectivity index (χ3n) is 4.41. The van der Waals surface area contributed by atoms with Crippen LogP contribution < -0.4 is 5.32 Å². The van der Waals surface area contributed by atoms with E-state index in [4.69, 9.17) is 0 Å². The number of nitrogens with zero attached hydrogens (tertiary/aromatic N) is 4. The maximum absolute atomic E-state index is 12.7. The Balaban J connectivity index is 1.52. The third kappa shape index (κ3) is 4.19. The Morgan fingerprint density at radius 1 is 1.23 bits per heavy atom. The van der Waals surface area contributed by atoms with Gasteiger partial charge in [-0.1, -0.05) is 24.3 Å². The van der Waals surface area contributed by atoms with Gasteiger partial charge >= 0.3 is 0 Å². The molecular weight excluding hydrogens is 422 g/mol. The van der Waals surface area contributed by atoms with Crippen LogP contribution in [0.15, 0.2) is 53.9 Å². The van der Waals surface area contributed by atoms with Crippen LogP contribution in [0.4, 0.5) is 10.8 Å². The SMILES string of the molecule is CSCc1nc2ccccc2n1CC(=O)Nc1nc(-c2cccc([N+](=O)[O-])c2)cs1. The highest BCUT2D eigenvalue weighted by atomic mass is 32.2. The molecule has 152 valence electrons. The number of non-ortho nitro benzene ring substituents is 1. The van der Waals surface area contributed by atoms with Gasteiger partial charge in [-0.25, -0.2) is 9.97 Å². The molecular formula is C20H17N5O3S2. The topological polar surface area (TPSA) is 103 Å². The molecule has 0 unspecified atom stereocenters. The number of nitro benzene ring substituents is 1. The van der Waals surface area contributed by atoms with Gasteiger partial charge in [0.25, 0.3) is 5.69 Å². The van der Waals surface area contributed by atoms with Crippen molar-refractivity contribution in [2.75, 3.05) is 11.6 Å². The summed E-state index contributed by atoms with van der Waals surface area (Å²) in [5, 5.41) is 16.0. The lowest BCUT2D eigenvalue weighted by Crippen LogP contribution is -2.20. The number of rotatable bonds is 7. The number of para-hydroxylation sites is 2. The van der Waals surface area contributed by atoms with Gasteiger partial charge in [-0.2, -0.15) is 11.8 Å². The lowest BCUT2D eigenvalue weighted by atomic mass is 10.1. The van der Waals surface area contributed by atoms with E-state index in [1.165, 1.54) is 23.5 Å². The molecule has 0 radical (unpaired) electrons. The number of thioether (sulfide) groups is 1. The van der Waals surface area contributed by atoms with Crippen molar-refractivity contribution in [2.24, 2.45) is 0 Å². The van der Waals surface area contributed by atoms with Gasteiger partial charge < -0.3 is 9.88 Å². The molecule has 8 nitrogen and oxygen atoms in total. The molecule has 2 aromatic carbocycles. The summed E-state index contributed by atoms with van der Waals surface area (Å²) in [5.41, 5.74) is 2.98. The zero-order valence-electron chi connectivity index (χ0n) is 15.9. The molecule has 4 rings (SSSR count). The highest BCUT2D eigenvalue weighted by molar-refractivity contribution is 7.97. The van der Waals surface area contributed by atoms with E-state index < -0.39 is 4.92 Å². The number of nitrogens with one attached hydrogen (secondary N) is 1. The second-order valence-corrected chi connectivity index (χ2v) is 8.15. The summed E-state index contributed by atoms with van der Waals surface area (Å²) in [7, 11) is 0. The fourth-order valence-electron chi connectivity index (χ4n) is 3.09. The monoisotopic (exact) mass is 439 g/mol. The van der Waals surface area contributed by atoms with Gasteiger partial charge in [0.2, 0.25) is 5.91 Å². The van der Waals surface area contributed by atoms with Crippen LogP contribution in [0.1, 0.15) is 5.82 Å². The number of nitro groups is 1. The number of anilines is 1. The lowest BCUT2D eigenvalue weighted by molar-refractivity contribution is -0.384. The molecule has 0 aliphatic carbocycles. The number of carbonyl (C=O) groups excluding carboxylic acids is 1. The molecule has 0 bridgehead atoms. The van der Waals surface area contributed by atoms with Crippen molar-refractivity contribution in [2.45, 2.75) is 12.3 Å². The van der Waals surface area contributed by atoms with Gasteiger partial charge in [0.15, 0.2) is 5.13 Å². The van der Waals surface area contributed by atoms with E-state index in [1.807, 2.05) is 35.1 Å². The Morgan fingerprint density at radius 3 is 2.87 bits per heavy atom. The number of benzene rings is 2. The molecule has 30 heavy (non-hydrogen) atoms. The number of aromatic nitrogens is 3. The Morgan fingerprint density at radius 2 is 2.07 bits per heavy atom. The second-order valence-electron chi connectivity index (χ2n) is 6.43. The van der Waals surface area contributed by atoms with Crippen LogP contribution in [0, 0.1) is 10.1 Å². The van der Waals surface area contributed by atoms with E-state index in [9.17, 15) is 14.9 Å². The molecule has 10 heteroatoms. The second kappa shape index (κ2) is 8.64. The summed E-state index contributed by atoms with van der Waals surface area (Å²) in [6.07, 6.45) is 1.99. The molecule has 0 atom stereocenters. The standard InChI is InChI=1S/C20H17N5O3S2/c1-29-12-18-21-15-7-2-3-8-17(15)24(18)10-19(26)23-20-22-16(11-30-20)13-5-4-6-14(9-13)25(27)28/h2-9,11H,10,12H2,1H3,(H,22,23,26). The fraction of sp³-hybridized carbons (Fsp3) is 0.150. The maximum Gasteiger partial charge on any atom is 0.270 e. The van der Waals surface area contributed by atoms with Crippen LogP contribution in [-0.2, 0) is 17.1 Å². The predicted octanol–water partition coefficient (Wildman–Crippen LogP) is 4.57. The normalized spacial score (nSPS) is 11.0. The number of thiazole rings is 1. The van der Waals surface area contributed by atoms with E-state index in [0.29, 0.717) is 22.1 Å². The smallest absolute Gasteiger partial charge is 0.270 e. The molecule has 0 spiro atoms. The molecule has 1 amide bonds. The van der Waals surface area contributed by atoms with Crippen molar-refractivity contribution >= 4 is 50.9 Å². The molecule has 0 aliphatic rings. The zero-order valence-corrected chi connectivity index (χ0v) is 17.6. The van der Waals surface area contributed by atoms with Crippen LogP contribution in [0.2, 0.25) is 0 Å². The van der Waals surface area contributed by atoms with E-state index in [-0.39, 0.29) is 18.1 Å². The molecule has 0 aliphatic heterocycles. The van der Waals surface area contributed by atoms with E-state index in [2.05, 4.69) is 15.3 Å². The first-order chi connectivity index (χ1) is 14.5. The van der Waals surface area contributed by atoms with Crippen LogP contribution in [0.5, 0.6) is 0 Å². The van der Waals surface area contributed by atoms with Crippen molar-refractivity contribution in [1.29, 1.82) is 0 Å². The molecule has 4 aromatic rings. The van der Waals surface area contributed by atoms with Crippen LogP contribution >= 0.6 is 23.1 Å². The Labute approximate surface area is 180 Å². The predicted molar refractivity (Wildman–Crippen MR) is 120 cm³/mol. The molecule has 2 aromatic heterocycles. The van der Waals surface area contributed by atoms with E-state index in [1.54, 1.807) is 29.3 Å². The Kier molecular flexibility index (Phi) is 5.77. The summed E-state index contributed by atoms with van der Waals surface area (Å²) in [5.74, 6) is 1.34. The van der Waals surface area contributed by atoms with Crippen molar-refractivity contribution in [1.82, 2.24) is 14.5 Å². The van der Waals surface area contributed by atoms with Gasteiger partial charge in [0.05, 0.1) is 27.4 Å². The van der Waals surface area contributed by atoms with Gasteiger partial charge in [-0.15, -0.1) is 11.3 Å². The quantitative estimate of drug-likeness (QED) is 0.334. The number of hydrogen-bond acceptors (Lipinski definition) is 7. The van der Waals surface area contributed by atoms with Crippen molar-refractivity contribution in [3.8, 4) is 11.3 Å². The molecule has 1 N–H and O–H groups in total. The highest BCUT2D eigenvalue weighted by Crippen LogP contribution is 2.27. The highest BCUT2D eigenvalue weighted by Gasteiger charge is 2.15. The van der Waals surface area contributed by atoms with Crippen LogP contribution in [0.3, 0.4) is 0 Å². The number of amides is 1. The van der Waals surface area contributed by atoms with Crippen molar-refractivity contribution in [3.63, 3.8) is 0 Å². The minimum absolute atomic E-state index is 0.000560. The van der Waals surface area contributed by atoms with Gasteiger partial charge in [0.1, 0.15) is 12.4 Å². The zero-order chi connectivity index (χ0) is 21.1. The third-order valence-corrected chi connectivity index (χ3v) is 5.72. The van der Waals surface area contributed by atoms with E-state index in [0.717, 1.165) is 16.9 Å². The summed E-state index contributed by atoms with van der Waals surface area (Å²) in [4.78, 5) is 32.2. The first kappa shape index (κ1) is 20.0. The number of imidazole rings is 1. The minimum atomic E-state index is -0.444. The molecule has 0 saturated heterocycles. The molecule has 2 heterocycles. The minimum Gasteiger partial charge on any atom is -0.318 e. The van der Waals surface area contributed by atoms with Gasteiger partial charge in [-0.05, 0) is 18.4 Å². The Bertz CT molecular complexity index is 1230. The lowest BCUT2D eigenvalue weighted by Gasteiger charge is -2.08. The summed E-state index contributed by atoms with van der Waals surface area (Å²) in [6.45, 7) is 0.127. The molecule has 0 fully saturated rings. The average Bonchev–Trinajstić information content (AvgIpc) is 3.33. The van der Waals surface area contributed by atoms with E-state index >= 15 is 0 Å². The largest absolute Gasteiger partial charge is 0.318 e. The number of fused-ring (bicyclic) bond motifs is 1. The average molecular weight is 440 g/mol. The summed E-state index contributed by atoms with van der Waals surface area (Å²) < 4.78 is 1.91. The maximum atomic E-state index is 12.7. The first-order valence-corrected chi connectivity index (χ1v) is 11.3. The van der Waals surface area contributed by atoms with Gasteiger partial charge in [-0.3, -0.25) is 14.9 Å². The van der Waals surface area contributed by atoms with Gasteiger partial charge in [0, 0.05) is 23.1 Å².